The highest BCUT2D eigenvalue weighted by Crippen LogP contribution is 2.76. The number of likely N-dealkylation sites (N-methyl/N-ethyl adjacent to an activating group) is 2. The van der Waals surface area contributed by atoms with Gasteiger partial charge in [-0.1, -0.05) is 91.0 Å². The predicted molar refractivity (Wildman–Crippen MR) is 208 cm³/mol. The number of nitrogens with one attached hydrogen (secondary N) is 1. The van der Waals surface area contributed by atoms with Gasteiger partial charge in [-0.2, -0.15) is 0 Å². The molecule has 4 saturated carbocycles. The summed E-state index contributed by atoms with van der Waals surface area (Å²) < 4.78 is 0. The van der Waals surface area contributed by atoms with Crippen molar-refractivity contribution >= 4 is 11.3 Å². The molecule has 10 atom stereocenters. The van der Waals surface area contributed by atoms with Crippen LogP contribution in [-0.2, 0) is 0 Å². The molecule has 1 aliphatic heterocycles. The Kier molecular flexibility index (Phi) is 11.5. The number of rotatable bonds is 5. The normalized spacial score (nSPS) is 41.5. The average Bonchev–Trinajstić information content (AvgIpc) is 3.68. The van der Waals surface area contributed by atoms with E-state index < -0.39 is 0 Å². The Bertz CT molecular complexity index is 1300. The fraction of sp³-hybridized carbons (Fsp3) is 0.733. The highest BCUT2D eigenvalue weighted by molar-refractivity contribution is 5.70. The zero-order chi connectivity index (χ0) is 34.9. The summed E-state index contributed by atoms with van der Waals surface area (Å²) in [7, 11) is 2.03. The van der Waals surface area contributed by atoms with Crippen LogP contribution in [0.15, 0.2) is 49.6 Å². The molecule has 5 aliphatic carbocycles. The van der Waals surface area contributed by atoms with Crippen LogP contribution < -0.4 is 5.32 Å². The van der Waals surface area contributed by atoms with Crippen molar-refractivity contribution in [2.24, 2.45) is 51.2 Å². The standard InChI is InChI=1S/C34H48O.C8H18N2.C3H6/c1-22-26(25-11-9-24(10-12-25)23(2)35)15-18-32(4)27(22)16-19-34(6)30(32)14-13-29-28-8-7-17-31(28,3)20-21-33(29,34)5;1-3-10-6-4-5-8(10)7-9-2;1-3-2/h9-12,15,22,27-30,35H,2,7-8,13-14,16-21H2,1,3-6H3;8-9H,3-7H2,1-2H3;3H,1H2,2H3/t22?,27?,28?,29?,30?,31?,32?,33-,34?;;/m1../s1. The predicted octanol–water partition coefficient (Wildman–Crippen LogP) is 11.6. The Labute approximate surface area is 296 Å². The van der Waals surface area contributed by atoms with Crippen LogP contribution in [0, 0.1) is 51.2 Å². The maximum atomic E-state index is 9.76. The van der Waals surface area contributed by atoms with Crippen molar-refractivity contribution in [2.75, 3.05) is 26.7 Å². The van der Waals surface area contributed by atoms with E-state index in [0.717, 1.165) is 41.8 Å². The molecule has 7 rings (SSSR count). The Morgan fingerprint density at radius 3 is 2.27 bits per heavy atom. The quantitative estimate of drug-likeness (QED) is 0.244. The number of likely N-dealkylation sites (tertiary alicyclic amines) is 1. The monoisotopic (exact) mass is 657 g/mol. The van der Waals surface area contributed by atoms with Gasteiger partial charge in [0, 0.05) is 18.2 Å². The van der Waals surface area contributed by atoms with Crippen LogP contribution in [0.25, 0.3) is 11.3 Å². The largest absolute Gasteiger partial charge is 0.508 e. The Balaban J connectivity index is 0.000000293. The van der Waals surface area contributed by atoms with E-state index in [4.69, 9.17) is 0 Å². The molecule has 1 aromatic carbocycles. The number of hydrogen-bond donors (Lipinski definition) is 2. The summed E-state index contributed by atoms with van der Waals surface area (Å²) in [6, 6.07) is 9.26. The van der Waals surface area contributed by atoms with Gasteiger partial charge in [-0.3, -0.25) is 4.90 Å². The van der Waals surface area contributed by atoms with E-state index in [1.165, 1.54) is 101 Å². The maximum Gasteiger partial charge on any atom is 0.115 e. The van der Waals surface area contributed by atoms with E-state index in [1.807, 2.05) is 26.1 Å². The molecule has 0 spiro atoms. The molecule has 1 saturated heterocycles. The third-order valence-electron chi connectivity index (χ3n) is 15.9. The summed E-state index contributed by atoms with van der Waals surface area (Å²) in [5.41, 5.74) is 5.76. The molecular weight excluding hydrogens is 585 g/mol. The number of allylic oxidation sites excluding steroid dienone is 3. The molecule has 2 N–H and O–H groups in total. The topological polar surface area (TPSA) is 35.5 Å². The van der Waals surface area contributed by atoms with Crippen molar-refractivity contribution in [3.05, 3.63) is 60.7 Å². The maximum absolute atomic E-state index is 9.76. The van der Waals surface area contributed by atoms with Crippen molar-refractivity contribution < 1.29 is 5.11 Å². The summed E-state index contributed by atoms with van der Waals surface area (Å²) in [6.45, 7) is 28.2. The minimum Gasteiger partial charge on any atom is -0.508 e. The molecule has 1 aromatic rings. The third-order valence-corrected chi connectivity index (χ3v) is 15.9. The van der Waals surface area contributed by atoms with Crippen molar-refractivity contribution in [2.45, 2.75) is 132 Å². The molecule has 48 heavy (non-hydrogen) atoms. The number of fused-ring (bicyclic) bond motifs is 7. The van der Waals surface area contributed by atoms with Gasteiger partial charge in [-0.15, -0.1) is 6.58 Å². The van der Waals surface area contributed by atoms with Gasteiger partial charge >= 0.3 is 0 Å². The first kappa shape index (κ1) is 37.4. The first-order valence-corrected chi connectivity index (χ1v) is 20.0. The average molecular weight is 657 g/mol. The zero-order valence-electron chi connectivity index (χ0n) is 32.3. The molecule has 6 aliphatic rings. The fourth-order valence-electron chi connectivity index (χ4n) is 13.1. The number of aliphatic hydroxyl groups is 1. The first-order chi connectivity index (χ1) is 22.8. The lowest BCUT2D eigenvalue weighted by atomic mass is 9.33. The zero-order valence-corrected chi connectivity index (χ0v) is 32.3. The third kappa shape index (κ3) is 6.42. The van der Waals surface area contributed by atoms with E-state index in [0.29, 0.717) is 27.6 Å². The molecule has 268 valence electrons. The molecule has 0 amide bonds. The second kappa shape index (κ2) is 14.8. The molecule has 3 heteroatoms. The van der Waals surface area contributed by atoms with E-state index in [1.54, 1.807) is 6.08 Å². The van der Waals surface area contributed by atoms with Crippen molar-refractivity contribution in [1.29, 1.82) is 0 Å². The molecule has 9 unspecified atom stereocenters. The van der Waals surface area contributed by atoms with Gasteiger partial charge in [-0.05, 0) is 160 Å². The fourth-order valence-corrected chi connectivity index (χ4v) is 13.1. The van der Waals surface area contributed by atoms with E-state index in [9.17, 15) is 5.11 Å². The lowest BCUT2D eigenvalue weighted by molar-refractivity contribution is -0.216. The molecule has 0 bridgehead atoms. The summed E-state index contributed by atoms with van der Waals surface area (Å²) in [6.07, 6.45) is 21.5. The summed E-state index contributed by atoms with van der Waals surface area (Å²) in [5, 5.41) is 13.0. The van der Waals surface area contributed by atoms with Gasteiger partial charge in [0.1, 0.15) is 5.76 Å². The minimum absolute atomic E-state index is 0.158. The summed E-state index contributed by atoms with van der Waals surface area (Å²) in [4.78, 5) is 2.55. The SMILES string of the molecule is C=C(O)c1ccc(C2=CCC3(C)C(CCC4(C)C3CCC3C5CCCC5(C)CC[C@]34C)C2C)cc1.C=CC.CCN1CCCC1CNC. The summed E-state index contributed by atoms with van der Waals surface area (Å²) >= 11 is 0. The highest BCUT2D eigenvalue weighted by Gasteiger charge is 2.67. The second-order valence-electron chi connectivity index (χ2n) is 17.9. The molecule has 0 aromatic heterocycles. The van der Waals surface area contributed by atoms with Gasteiger partial charge < -0.3 is 10.4 Å². The second-order valence-corrected chi connectivity index (χ2v) is 17.9. The first-order valence-electron chi connectivity index (χ1n) is 20.0. The molecule has 3 nitrogen and oxygen atoms in total. The van der Waals surface area contributed by atoms with Crippen LogP contribution in [0.4, 0.5) is 0 Å². The van der Waals surface area contributed by atoms with Crippen LogP contribution in [0.5, 0.6) is 0 Å². The van der Waals surface area contributed by atoms with Gasteiger partial charge in [0.15, 0.2) is 0 Å². The van der Waals surface area contributed by atoms with Gasteiger partial charge in [-0.25, -0.2) is 0 Å². The number of hydrogen-bond acceptors (Lipinski definition) is 3. The van der Waals surface area contributed by atoms with Gasteiger partial charge in [0.05, 0.1) is 0 Å². The van der Waals surface area contributed by atoms with Crippen LogP contribution >= 0.6 is 0 Å². The minimum atomic E-state index is 0.158. The van der Waals surface area contributed by atoms with Crippen LogP contribution in [0.2, 0.25) is 0 Å². The van der Waals surface area contributed by atoms with Crippen molar-refractivity contribution in [1.82, 2.24) is 10.2 Å². The van der Waals surface area contributed by atoms with Crippen LogP contribution in [0.1, 0.15) is 137 Å². The Morgan fingerprint density at radius 2 is 1.62 bits per heavy atom. The van der Waals surface area contributed by atoms with E-state index in [-0.39, 0.29) is 5.76 Å². The van der Waals surface area contributed by atoms with Gasteiger partial charge in [0.2, 0.25) is 0 Å². The van der Waals surface area contributed by atoms with E-state index >= 15 is 0 Å². The lowest BCUT2D eigenvalue weighted by Gasteiger charge is -2.71. The number of benzene rings is 1. The molecular formula is C45H72N2O. The number of aliphatic hydroxyl groups excluding tert-OH is 1. The van der Waals surface area contributed by atoms with Crippen molar-refractivity contribution in [3.63, 3.8) is 0 Å². The smallest absolute Gasteiger partial charge is 0.115 e. The molecule has 0 radical (unpaired) electrons. The van der Waals surface area contributed by atoms with Crippen LogP contribution in [-0.4, -0.2) is 42.7 Å². The van der Waals surface area contributed by atoms with Crippen LogP contribution in [0.3, 0.4) is 0 Å². The van der Waals surface area contributed by atoms with Gasteiger partial charge in [0.25, 0.3) is 0 Å². The Hall–Kier alpha value is -1.84. The summed E-state index contributed by atoms with van der Waals surface area (Å²) in [5.74, 6) is 4.31. The lowest BCUT2D eigenvalue weighted by Crippen LogP contribution is -2.64. The highest BCUT2D eigenvalue weighted by atomic mass is 16.3. The number of nitrogens with zero attached hydrogens (tertiary/aromatic N) is 1. The molecule has 1 heterocycles. The Morgan fingerprint density at radius 1 is 0.917 bits per heavy atom. The van der Waals surface area contributed by atoms with Crippen molar-refractivity contribution in [3.8, 4) is 0 Å². The van der Waals surface area contributed by atoms with E-state index in [2.05, 4.69) is 83.1 Å². The molecule has 5 fully saturated rings.